The van der Waals surface area contributed by atoms with Crippen LogP contribution in [0, 0.1) is 11.8 Å². The van der Waals surface area contributed by atoms with Gasteiger partial charge in [0, 0.05) is 35.8 Å². The molecule has 1 heterocycles. The number of benzene rings is 1. The fourth-order valence-electron chi connectivity index (χ4n) is 1.53. The molecule has 0 bridgehead atoms. The molecule has 96 valence electrons. The number of ether oxygens (including phenoxy) is 1. The largest absolute Gasteiger partial charge is 0.489 e. The first-order chi connectivity index (χ1) is 9.38. The van der Waals surface area contributed by atoms with Crippen LogP contribution < -0.4 is 4.74 Å². The lowest BCUT2D eigenvalue weighted by molar-refractivity contribution is 0.305. The average Bonchev–Trinajstić information content (AvgIpc) is 2.47. The summed E-state index contributed by atoms with van der Waals surface area (Å²) in [6.07, 6.45) is 4.24. The summed E-state index contributed by atoms with van der Waals surface area (Å²) in [5.74, 6) is 7.43. The normalized spacial score (nSPS) is 9.53. The van der Waals surface area contributed by atoms with Gasteiger partial charge in [-0.3, -0.25) is 4.98 Å². The maximum Gasteiger partial charge on any atom is 0.121 e. The van der Waals surface area contributed by atoms with Gasteiger partial charge in [0.05, 0.1) is 0 Å². The van der Waals surface area contributed by atoms with Gasteiger partial charge in [-0.1, -0.05) is 24.0 Å². The second-order valence-electron chi connectivity index (χ2n) is 3.92. The van der Waals surface area contributed by atoms with Crippen LogP contribution in [0.3, 0.4) is 0 Å². The van der Waals surface area contributed by atoms with Crippen LogP contribution in [-0.2, 0) is 6.61 Å². The van der Waals surface area contributed by atoms with Crippen LogP contribution in [-0.4, -0.2) is 10.9 Å². The molecule has 0 aliphatic carbocycles. The number of alkyl halides is 1. The summed E-state index contributed by atoms with van der Waals surface area (Å²) in [7, 11) is 0. The highest BCUT2D eigenvalue weighted by atomic mass is 35.5. The van der Waals surface area contributed by atoms with Crippen LogP contribution in [0.25, 0.3) is 0 Å². The highest BCUT2D eigenvalue weighted by Crippen LogP contribution is 2.14. The maximum absolute atomic E-state index is 5.71. The Labute approximate surface area is 118 Å². The van der Waals surface area contributed by atoms with Crippen molar-refractivity contribution in [3.05, 3.63) is 59.9 Å². The smallest absolute Gasteiger partial charge is 0.121 e. The van der Waals surface area contributed by atoms with Crippen molar-refractivity contribution in [2.24, 2.45) is 0 Å². The van der Waals surface area contributed by atoms with Crippen LogP contribution in [0.1, 0.15) is 17.5 Å². The van der Waals surface area contributed by atoms with Crippen LogP contribution in [0.15, 0.2) is 48.8 Å². The van der Waals surface area contributed by atoms with E-state index in [1.807, 2.05) is 36.4 Å². The SMILES string of the molecule is ClCCC#Cc1cccc(OCc2cccnc2)c1. The van der Waals surface area contributed by atoms with Gasteiger partial charge < -0.3 is 4.74 Å². The Kier molecular flexibility index (Phi) is 5.28. The molecular weight excluding hydrogens is 258 g/mol. The Balaban J connectivity index is 1.98. The highest BCUT2D eigenvalue weighted by molar-refractivity contribution is 6.18. The first-order valence-electron chi connectivity index (χ1n) is 6.05. The lowest BCUT2D eigenvalue weighted by Gasteiger charge is -2.05. The van der Waals surface area contributed by atoms with E-state index in [2.05, 4.69) is 16.8 Å². The topological polar surface area (TPSA) is 22.1 Å². The standard InChI is InChI=1S/C16H14ClNO/c17-9-2-1-5-14-6-3-8-16(11-14)19-13-15-7-4-10-18-12-15/h3-4,6-8,10-12H,2,9,13H2. The van der Waals surface area contributed by atoms with Crippen molar-refractivity contribution in [1.29, 1.82) is 0 Å². The van der Waals surface area contributed by atoms with Gasteiger partial charge in [-0.2, -0.15) is 0 Å². The number of hydrogen-bond donors (Lipinski definition) is 0. The van der Waals surface area contributed by atoms with Crippen LogP contribution in [0.5, 0.6) is 5.75 Å². The van der Waals surface area contributed by atoms with E-state index in [0.29, 0.717) is 18.9 Å². The van der Waals surface area contributed by atoms with Crippen molar-refractivity contribution in [2.45, 2.75) is 13.0 Å². The fourth-order valence-corrected chi connectivity index (χ4v) is 1.62. The predicted molar refractivity (Wildman–Crippen MR) is 77.2 cm³/mol. The van der Waals surface area contributed by atoms with E-state index in [1.54, 1.807) is 12.4 Å². The van der Waals surface area contributed by atoms with Crippen molar-refractivity contribution >= 4 is 11.6 Å². The first-order valence-corrected chi connectivity index (χ1v) is 6.58. The van der Waals surface area contributed by atoms with Gasteiger partial charge in [0.15, 0.2) is 0 Å². The van der Waals surface area contributed by atoms with Gasteiger partial charge in [0.1, 0.15) is 12.4 Å². The average molecular weight is 272 g/mol. The molecule has 0 saturated heterocycles. The molecule has 1 aromatic carbocycles. The number of nitrogens with zero attached hydrogens (tertiary/aromatic N) is 1. The van der Waals surface area contributed by atoms with Gasteiger partial charge in [0.2, 0.25) is 0 Å². The molecule has 0 saturated carbocycles. The molecule has 2 aromatic rings. The number of hydrogen-bond acceptors (Lipinski definition) is 2. The molecule has 3 heteroatoms. The molecule has 0 atom stereocenters. The summed E-state index contributed by atoms with van der Waals surface area (Å²) in [5.41, 5.74) is 1.98. The van der Waals surface area contributed by atoms with Gasteiger partial charge in [0.25, 0.3) is 0 Å². The summed E-state index contributed by atoms with van der Waals surface area (Å²) in [5, 5.41) is 0. The molecule has 2 nitrogen and oxygen atoms in total. The number of rotatable bonds is 4. The van der Waals surface area contributed by atoms with Crippen molar-refractivity contribution in [1.82, 2.24) is 4.98 Å². The summed E-state index contributed by atoms with van der Waals surface area (Å²) < 4.78 is 5.71. The molecule has 0 aliphatic heterocycles. The third kappa shape index (κ3) is 4.65. The molecule has 0 amide bonds. The van der Waals surface area contributed by atoms with Crippen LogP contribution in [0.2, 0.25) is 0 Å². The van der Waals surface area contributed by atoms with Crippen molar-refractivity contribution < 1.29 is 4.74 Å². The van der Waals surface area contributed by atoms with Gasteiger partial charge in [-0.15, -0.1) is 11.6 Å². The number of aromatic nitrogens is 1. The van der Waals surface area contributed by atoms with Crippen LogP contribution >= 0.6 is 11.6 Å². The zero-order valence-corrected chi connectivity index (χ0v) is 11.2. The van der Waals surface area contributed by atoms with E-state index in [0.717, 1.165) is 16.9 Å². The Hall–Kier alpha value is -1.98. The Bertz CT molecular complexity index is 572. The van der Waals surface area contributed by atoms with E-state index < -0.39 is 0 Å². The van der Waals surface area contributed by atoms with Crippen molar-refractivity contribution in [2.75, 3.05) is 5.88 Å². The van der Waals surface area contributed by atoms with Gasteiger partial charge in [-0.05, 0) is 24.3 Å². The summed E-state index contributed by atoms with van der Waals surface area (Å²) in [6.45, 7) is 0.506. The number of halogens is 1. The van der Waals surface area contributed by atoms with E-state index in [4.69, 9.17) is 16.3 Å². The Morgan fingerprint density at radius 2 is 2.16 bits per heavy atom. The minimum atomic E-state index is 0.506. The van der Waals surface area contributed by atoms with E-state index in [-0.39, 0.29) is 0 Å². The molecule has 2 rings (SSSR count). The van der Waals surface area contributed by atoms with E-state index in [1.165, 1.54) is 0 Å². The fraction of sp³-hybridized carbons (Fsp3) is 0.188. The molecule has 0 fully saturated rings. The summed E-state index contributed by atoms with van der Waals surface area (Å²) in [6, 6.07) is 11.6. The minimum absolute atomic E-state index is 0.506. The molecule has 19 heavy (non-hydrogen) atoms. The highest BCUT2D eigenvalue weighted by Gasteiger charge is 1.96. The third-order valence-electron chi connectivity index (χ3n) is 2.41. The zero-order chi connectivity index (χ0) is 13.3. The van der Waals surface area contributed by atoms with Crippen molar-refractivity contribution in [3.63, 3.8) is 0 Å². The molecule has 0 spiro atoms. The predicted octanol–water partition coefficient (Wildman–Crippen LogP) is 3.64. The second kappa shape index (κ2) is 7.45. The summed E-state index contributed by atoms with van der Waals surface area (Å²) in [4.78, 5) is 4.05. The van der Waals surface area contributed by atoms with Crippen LogP contribution in [0.4, 0.5) is 0 Å². The number of pyridine rings is 1. The molecule has 0 aliphatic rings. The minimum Gasteiger partial charge on any atom is -0.489 e. The Morgan fingerprint density at radius 1 is 1.21 bits per heavy atom. The molecule has 1 aromatic heterocycles. The second-order valence-corrected chi connectivity index (χ2v) is 4.30. The van der Waals surface area contributed by atoms with Gasteiger partial charge >= 0.3 is 0 Å². The van der Waals surface area contributed by atoms with E-state index >= 15 is 0 Å². The Morgan fingerprint density at radius 3 is 2.95 bits per heavy atom. The summed E-state index contributed by atoms with van der Waals surface area (Å²) >= 11 is 5.58. The first kappa shape index (κ1) is 13.5. The van der Waals surface area contributed by atoms with Gasteiger partial charge in [-0.25, -0.2) is 0 Å². The lowest BCUT2D eigenvalue weighted by atomic mass is 10.2. The molecule has 0 unspecified atom stereocenters. The third-order valence-corrected chi connectivity index (χ3v) is 2.60. The molecule has 0 N–H and O–H groups in total. The lowest BCUT2D eigenvalue weighted by Crippen LogP contribution is -1.95. The zero-order valence-electron chi connectivity index (χ0n) is 10.5. The maximum atomic E-state index is 5.71. The molecule has 0 radical (unpaired) electrons. The quantitative estimate of drug-likeness (QED) is 0.626. The van der Waals surface area contributed by atoms with Crippen molar-refractivity contribution in [3.8, 4) is 17.6 Å². The van der Waals surface area contributed by atoms with E-state index in [9.17, 15) is 0 Å². The monoisotopic (exact) mass is 271 g/mol. The molecular formula is C16H14ClNO.